The van der Waals surface area contributed by atoms with Gasteiger partial charge in [0.25, 0.3) is 0 Å². The zero-order valence-electron chi connectivity index (χ0n) is 15.1. The number of hydrogen-bond donors (Lipinski definition) is 0. The smallest absolute Gasteiger partial charge is 0.0348 e. The Morgan fingerprint density at radius 3 is 1.50 bits per heavy atom. The molecule has 0 nitrogen and oxygen atoms in total. The Labute approximate surface area is 155 Å². The summed E-state index contributed by atoms with van der Waals surface area (Å²) in [6, 6.07) is 30.2. The molecular weight excluding hydrogens is 312 g/mol. The van der Waals surface area contributed by atoms with Gasteiger partial charge in [-0.25, -0.2) is 0 Å². The Bertz CT molecular complexity index is 1040. The molecule has 4 rings (SSSR count). The first-order valence-corrected chi connectivity index (χ1v) is 8.97. The SMILES string of the molecule is C=C(C)C(=C)C(c1cccc2ccccc12)c1cccc2ccccc12. The van der Waals surface area contributed by atoms with Crippen LogP contribution in [0.2, 0.25) is 0 Å². The van der Waals surface area contributed by atoms with Crippen LogP contribution in [0.4, 0.5) is 0 Å². The molecule has 4 aromatic rings. The fourth-order valence-electron chi connectivity index (χ4n) is 3.79. The van der Waals surface area contributed by atoms with Crippen LogP contribution in [-0.4, -0.2) is 0 Å². The van der Waals surface area contributed by atoms with E-state index in [4.69, 9.17) is 0 Å². The molecule has 0 aliphatic rings. The van der Waals surface area contributed by atoms with Crippen molar-refractivity contribution in [2.24, 2.45) is 0 Å². The summed E-state index contributed by atoms with van der Waals surface area (Å²) in [7, 11) is 0. The Balaban J connectivity index is 2.05. The molecule has 0 radical (unpaired) electrons. The van der Waals surface area contributed by atoms with Crippen molar-refractivity contribution in [2.45, 2.75) is 12.8 Å². The Morgan fingerprint density at radius 1 is 0.615 bits per heavy atom. The van der Waals surface area contributed by atoms with E-state index in [1.54, 1.807) is 0 Å². The highest BCUT2D eigenvalue weighted by Crippen LogP contribution is 2.40. The largest absolute Gasteiger partial charge is 0.0958 e. The summed E-state index contributed by atoms with van der Waals surface area (Å²) in [6.07, 6.45) is 0. The van der Waals surface area contributed by atoms with Crippen molar-refractivity contribution in [3.8, 4) is 0 Å². The van der Waals surface area contributed by atoms with E-state index in [9.17, 15) is 0 Å². The lowest BCUT2D eigenvalue weighted by Crippen LogP contribution is -2.06. The van der Waals surface area contributed by atoms with Gasteiger partial charge in [-0.2, -0.15) is 0 Å². The second-order valence-corrected chi connectivity index (χ2v) is 6.88. The number of rotatable bonds is 4. The lowest BCUT2D eigenvalue weighted by molar-refractivity contribution is 0.983. The first-order chi connectivity index (χ1) is 12.7. The van der Waals surface area contributed by atoms with Crippen LogP contribution in [0, 0.1) is 0 Å². The predicted octanol–water partition coefficient (Wildman–Crippen LogP) is 7.26. The summed E-state index contributed by atoms with van der Waals surface area (Å²) in [5.74, 6) is 0.0877. The van der Waals surface area contributed by atoms with Crippen LogP contribution >= 0.6 is 0 Å². The van der Waals surface area contributed by atoms with Crippen molar-refractivity contribution < 1.29 is 0 Å². The molecule has 0 bridgehead atoms. The van der Waals surface area contributed by atoms with E-state index in [0.29, 0.717) is 0 Å². The molecule has 0 spiro atoms. The maximum absolute atomic E-state index is 4.42. The predicted molar refractivity (Wildman–Crippen MR) is 114 cm³/mol. The van der Waals surface area contributed by atoms with Crippen molar-refractivity contribution in [1.29, 1.82) is 0 Å². The van der Waals surface area contributed by atoms with Crippen LogP contribution in [0.15, 0.2) is 109 Å². The van der Waals surface area contributed by atoms with Crippen molar-refractivity contribution in [2.75, 3.05) is 0 Å². The highest BCUT2D eigenvalue weighted by atomic mass is 14.2. The van der Waals surface area contributed by atoms with Crippen molar-refractivity contribution in [3.63, 3.8) is 0 Å². The topological polar surface area (TPSA) is 0 Å². The van der Waals surface area contributed by atoms with E-state index < -0.39 is 0 Å². The average Bonchev–Trinajstić information content (AvgIpc) is 2.68. The molecule has 0 aliphatic heterocycles. The minimum absolute atomic E-state index is 0.0877. The first kappa shape index (κ1) is 16.4. The molecule has 0 amide bonds. The zero-order chi connectivity index (χ0) is 18.1. The van der Waals surface area contributed by atoms with Gasteiger partial charge in [-0.3, -0.25) is 0 Å². The standard InChI is InChI=1S/C26H22/c1-18(2)19(3)26(24-16-8-12-20-10-4-6-14-22(20)24)25-17-9-13-21-11-5-7-15-23(21)25/h4-17,26H,1,3H2,2H3. The van der Waals surface area contributed by atoms with Gasteiger partial charge in [0.2, 0.25) is 0 Å². The molecule has 0 atom stereocenters. The molecule has 126 valence electrons. The van der Waals surface area contributed by atoms with Gasteiger partial charge >= 0.3 is 0 Å². The minimum atomic E-state index is 0.0877. The van der Waals surface area contributed by atoms with E-state index in [0.717, 1.165) is 11.1 Å². The summed E-state index contributed by atoms with van der Waals surface area (Å²) in [4.78, 5) is 0. The zero-order valence-corrected chi connectivity index (χ0v) is 15.1. The highest BCUT2D eigenvalue weighted by molar-refractivity contribution is 5.91. The summed E-state index contributed by atoms with van der Waals surface area (Å²) in [5.41, 5.74) is 4.66. The van der Waals surface area contributed by atoms with Crippen LogP contribution in [-0.2, 0) is 0 Å². The van der Waals surface area contributed by atoms with E-state index in [1.807, 2.05) is 6.92 Å². The van der Waals surface area contributed by atoms with Crippen LogP contribution in [0.5, 0.6) is 0 Å². The number of fused-ring (bicyclic) bond motifs is 2. The minimum Gasteiger partial charge on any atom is -0.0958 e. The second-order valence-electron chi connectivity index (χ2n) is 6.88. The Hall–Kier alpha value is -3.12. The van der Waals surface area contributed by atoms with Gasteiger partial charge in [-0.1, -0.05) is 104 Å². The molecule has 0 heterocycles. The summed E-state index contributed by atoms with van der Waals surface area (Å²) in [6.45, 7) is 10.7. The van der Waals surface area contributed by atoms with Gasteiger partial charge in [0, 0.05) is 5.92 Å². The Morgan fingerprint density at radius 2 is 1.04 bits per heavy atom. The maximum atomic E-state index is 4.42. The third-order valence-corrected chi connectivity index (χ3v) is 5.17. The van der Waals surface area contributed by atoms with Crippen molar-refractivity contribution >= 4 is 21.5 Å². The van der Waals surface area contributed by atoms with Gasteiger partial charge in [0.15, 0.2) is 0 Å². The van der Waals surface area contributed by atoms with Gasteiger partial charge in [-0.05, 0) is 45.2 Å². The number of benzene rings is 4. The van der Waals surface area contributed by atoms with Gasteiger partial charge in [0.05, 0.1) is 0 Å². The fourth-order valence-corrected chi connectivity index (χ4v) is 3.79. The molecule has 0 fully saturated rings. The molecule has 0 saturated carbocycles. The molecule has 0 unspecified atom stereocenters. The normalized spacial score (nSPS) is 11.2. The average molecular weight is 334 g/mol. The van der Waals surface area contributed by atoms with Crippen molar-refractivity contribution in [3.05, 3.63) is 120 Å². The van der Waals surface area contributed by atoms with Crippen LogP contribution in [0.3, 0.4) is 0 Å². The fraction of sp³-hybridized carbons (Fsp3) is 0.0769. The Kier molecular flexibility index (Phi) is 4.18. The molecule has 0 N–H and O–H groups in total. The van der Waals surface area contributed by atoms with E-state index in [2.05, 4.69) is 98.1 Å². The van der Waals surface area contributed by atoms with Gasteiger partial charge < -0.3 is 0 Å². The molecular formula is C26H22. The highest BCUT2D eigenvalue weighted by Gasteiger charge is 2.22. The van der Waals surface area contributed by atoms with Crippen LogP contribution in [0.1, 0.15) is 24.0 Å². The molecule has 26 heavy (non-hydrogen) atoms. The lowest BCUT2D eigenvalue weighted by Gasteiger charge is -2.24. The summed E-state index contributed by atoms with van der Waals surface area (Å²) < 4.78 is 0. The second kappa shape index (κ2) is 6.65. The van der Waals surface area contributed by atoms with E-state index in [1.165, 1.54) is 32.7 Å². The summed E-state index contributed by atoms with van der Waals surface area (Å²) in [5, 5.41) is 5.06. The lowest BCUT2D eigenvalue weighted by atomic mass is 9.79. The third kappa shape index (κ3) is 2.74. The van der Waals surface area contributed by atoms with Crippen molar-refractivity contribution in [1.82, 2.24) is 0 Å². The van der Waals surface area contributed by atoms with Gasteiger partial charge in [-0.15, -0.1) is 0 Å². The molecule has 0 aliphatic carbocycles. The third-order valence-electron chi connectivity index (χ3n) is 5.17. The maximum Gasteiger partial charge on any atom is 0.0348 e. The van der Waals surface area contributed by atoms with Crippen LogP contribution < -0.4 is 0 Å². The van der Waals surface area contributed by atoms with E-state index >= 15 is 0 Å². The number of allylic oxidation sites excluding steroid dienone is 2. The van der Waals surface area contributed by atoms with Crippen LogP contribution in [0.25, 0.3) is 21.5 Å². The number of hydrogen-bond acceptors (Lipinski definition) is 0. The molecule has 4 aromatic carbocycles. The molecule has 0 saturated heterocycles. The first-order valence-electron chi connectivity index (χ1n) is 8.97. The molecule has 0 heteroatoms. The summed E-state index contributed by atoms with van der Waals surface area (Å²) >= 11 is 0. The molecule has 0 aromatic heterocycles. The monoisotopic (exact) mass is 334 g/mol. The van der Waals surface area contributed by atoms with E-state index in [-0.39, 0.29) is 5.92 Å². The quantitative estimate of drug-likeness (QED) is 0.345. The van der Waals surface area contributed by atoms with Gasteiger partial charge in [0.1, 0.15) is 0 Å².